The van der Waals surface area contributed by atoms with Crippen LogP contribution >= 0.6 is 11.6 Å². The van der Waals surface area contributed by atoms with E-state index in [1.807, 2.05) is 0 Å². The van der Waals surface area contributed by atoms with Crippen LogP contribution in [0.5, 0.6) is 0 Å². The molecule has 0 unspecified atom stereocenters. The number of benzene rings is 2. The molecular formula is C16H16ClNO3S. The van der Waals surface area contributed by atoms with Crippen molar-refractivity contribution in [2.75, 3.05) is 0 Å². The van der Waals surface area contributed by atoms with Crippen molar-refractivity contribution < 1.29 is 13.2 Å². The van der Waals surface area contributed by atoms with Crippen molar-refractivity contribution in [2.24, 2.45) is 0 Å². The van der Waals surface area contributed by atoms with Crippen molar-refractivity contribution in [2.45, 2.75) is 24.8 Å². The van der Waals surface area contributed by atoms with Gasteiger partial charge in [0.15, 0.2) is 5.78 Å². The molecule has 0 atom stereocenters. The van der Waals surface area contributed by atoms with Crippen LogP contribution in [0, 0.1) is 0 Å². The second kappa shape index (κ2) is 7.05. The summed E-state index contributed by atoms with van der Waals surface area (Å²) in [7, 11) is -3.58. The van der Waals surface area contributed by atoms with Gasteiger partial charge in [-0.1, -0.05) is 42.8 Å². The van der Waals surface area contributed by atoms with Gasteiger partial charge in [-0.25, -0.2) is 13.1 Å². The molecule has 116 valence electrons. The zero-order chi connectivity index (χ0) is 16.2. The lowest BCUT2D eigenvalue weighted by Gasteiger charge is -2.07. The SMILES string of the molecule is CCC(=O)c1ccc(CNS(=O)(=O)c2ccc(Cl)cc2)cc1. The Hall–Kier alpha value is -1.69. The predicted octanol–water partition coefficient (Wildman–Crippen LogP) is 3.41. The molecule has 0 aliphatic heterocycles. The number of carbonyl (C=O) groups is 1. The largest absolute Gasteiger partial charge is 0.294 e. The van der Waals surface area contributed by atoms with Crippen LogP contribution in [-0.2, 0) is 16.6 Å². The van der Waals surface area contributed by atoms with E-state index in [0.717, 1.165) is 5.56 Å². The molecule has 2 rings (SSSR count). The van der Waals surface area contributed by atoms with Gasteiger partial charge in [-0.3, -0.25) is 4.79 Å². The number of sulfonamides is 1. The van der Waals surface area contributed by atoms with Crippen molar-refractivity contribution in [1.29, 1.82) is 0 Å². The Morgan fingerprint density at radius 1 is 1.05 bits per heavy atom. The second-order valence-corrected chi connectivity index (χ2v) is 6.96. The first-order valence-corrected chi connectivity index (χ1v) is 8.66. The highest BCUT2D eigenvalue weighted by atomic mass is 35.5. The molecule has 22 heavy (non-hydrogen) atoms. The molecule has 0 aromatic heterocycles. The number of hydrogen-bond donors (Lipinski definition) is 1. The van der Waals surface area contributed by atoms with E-state index < -0.39 is 10.0 Å². The summed E-state index contributed by atoms with van der Waals surface area (Å²) >= 11 is 5.74. The van der Waals surface area contributed by atoms with E-state index in [-0.39, 0.29) is 17.2 Å². The fourth-order valence-electron chi connectivity index (χ4n) is 1.89. The number of rotatable bonds is 6. The van der Waals surface area contributed by atoms with Crippen LogP contribution in [0.1, 0.15) is 29.3 Å². The molecule has 6 heteroatoms. The highest BCUT2D eigenvalue weighted by Gasteiger charge is 2.13. The van der Waals surface area contributed by atoms with E-state index in [2.05, 4.69) is 4.72 Å². The van der Waals surface area contributed by atoms with Crippen molar-refractivity contribution in [1.82, 2.24) is 4.72 Å². The summed E-state index contributed by atoms with van der Waals surface area (Å²) in [5.41, 5.74) is 1.41. The van der Waals surface area contributed by atoms with Crippen molar-refractivity contribution in [3.8, 4) is 0 Å². The number of ketones is 1. The zero-order valence-electron chi connectivity index (χ0n) is 12.0. The first kappa shape index (κ1) is 16.7. The lowest BCUT2D eigenvalue weighted by Crippen LogP contribution is -2.23. The molecule has 2 aromatic carbocycles. The van der Waals surface area contributed by atoms with Crippen LogP contribution < -0.4 is 4.72 Å². The van der Waals surface area contributed by atoms with Gasteiger partial charge < -0.3 is 0 Å². The molecule has 0 bridgehead atoms. The number of Topliss-reactive ketones (excluding diaryl/α,β-unsaturated/α-hetero) is 1. The van der Waals surface area contributed by atoms with E-state index >= 15 is 0 Å². The highest BCUT2D eigenvalue weighted by Crippen LogP contribution is 2.14. The Kier molecular flexibility index (Phi) is 5.34. The summed E-state index contributed by atoms with van der Waals surface area (Å²) in [6.07, 6.45) is 0.447. The van der Waals surface area contributed by atoms with Crippen LogP contribution in [0.3, 0.4) is 0 Å². The lowest BCUT2D eigenvalue weighted by molar-refractivity contribution is 0.0988. The van der Waals surface area contributed by atoms with Gasteiger partial charge in [0.2, 0.25) is 10.0 Å². The summed E-state index contributed by atoms with van der Waals surface area (Å²) in [4.78, 5) is 11.7. The molecule has 1 N–H and O–H groups in total. The molecule has 0 aliphatic carbocycles. The average molecular weight is 338 g/mol. The van der Waals surface area contributed by atoms with Crippen LogP contribution in [0.4, 0.5) is 0 Å². The second-order valence-electron chi connectivity index (χ2n) is 4.75. The molecule has 4 nitrogen and oxygen atoms in total. The van der Waals surface area contributed by atoms with Gasteiger partial charge in [-0.05, 0) is 29.8 Å². The molecular weight excluding hydrogens is 322 g/mol. The Balaban J connectivity index is 2.05. The molecule has 0 radical (unpaired) electrons. The summed E-state index contributed by atoms with van der Waals surface area (Å²) in [6, 6.07) is 12.9. The molecule has 0 heterocycles. The minimum atomic E-state index is -3.58. The normalized spacial score (nSPS) is 11.4. The zero-order valence-corrected chi connectivity index (χ0v) is 13.6. The number of hydrogen-bond acceptors (Lipinski definition) is 3. The summed E-state index contributed by atoms with van der Waals surface area (Å²) in [5, 5.41) is 0.482. The third-order valence-corrected chi connectivity index (χ3v) is 4.86. The topological polar surface area (TPSA) is 63.2 Å². The molecule has 0 fully saturated rings. The monoisotopic (exact) mass is 337 g/mol. The van der Waals surface area contributed by atoms with E-state index in [1.165, 1.54) is 24.3 Å². The molecule has 0 amide bonds. The smallest absolute Gasteiger partial charge is 0.240 e. The van der Waals surface area contributed by atoms with Gasteiger partial charge in [0.25, 0.3) is 0 Å². The Bertz CT molecular complexity index is 753. The summed E-state index contributed by atoms with van der Waals surface area (Å²) in [6.45, 7) is 1.96. The van der Waals surface area contributed by atoms with Gasteiger partial charge in [0, 0.05) is 23.6 Å². The van der Waals surface area contributed by atoms with Crippen LogP contribution in [0.25, 0.3) is 0 Å². The molecule has 0 spiro atoms. The van der Waals surface area contributed by atoms with Gasteiger partial charge in [-0.2, -0.15) is 0 Å². The van der Waals surface area contributed by atoms with E-state index in [1.54, 1.807) is 31.2 Å². The van der Waals surface area contributed by atoms with Crippen LogP contribution in [0.15, 0.2) is 53.4 Å². The maximum Gasteiger partial charge on any atom is 0.240 e. The highest BCUT2D eigenvalue weighted by molar-refractivity contribution is 7.89. The maximum absolute atomic E-state index is 12.1. The first-order chi connectivity index (χ1) is 10.4. The Labute approximate surface area is 135 Å². The number of halogens is 1. The van der Waals surface area contributed by atoms with Crippen LogP contribution in [-0.4, -0.2) is 14.2 Å². The Morgan fingerprint density at radius 2 is 1.64 bits per heavy atom. The minimum Gasteiger partial charge on any atom is -0.294 e. The van der Waals surface area contributed by atoms with Gasteiger partial charge in [-0.15, -0.1) is 0 Å². The summed E-state index contributed by atoms with van der Waals surface area (Å²) < 4.78 is 26.8. The molecule has 2 aromatic rings. The summed E-state index contributed by atoms with van der Waals surface area (Å²) in [5.74, 6) is 0.0632. The fourth-order valence-corrected chi connectivity index (χ4v) is 3.03. The van der Waals surface area contributed by atoms with E-state index in [9.17, 15) is 13.2 Å². The van der Waals surface area contributed by atoms with Crippen molar-refractivity contribution in [3.63, 3.8) is 0 Å². The number of carbonyl (C=O) groups excluding carboxylic acids is 1. The number of nitrogens with one attached hydrogen (secondary N) is 1. The van der Waals surface area contributed by atoms with Crippen molar-refractivity contribution in [3.05, 3.63) is 64.7 Å². The predicted molar refractivity (Wildman–Crippen MR) is 86.5 cm³/mol. The lowest BCUT2D eigenvalue weighted by atomic mass is 10.1. The quantitative estimate of drug-likeness (QED) is 0.821. The van der Waals surface area contributed by atoms with E-state index in [4.69, 9.17) is 11.6 Å². The van der Waals surface area contributed by atoms with Crippen molar-refractivity contribution >= 4 is 27.4 Å². The average Bonchev–Trinajstić information content (AvgIpc) is 2.53. The maximum atomic E-state index is 12.1. The molecule has 0 saturated carbocycles. The van der Waals surface area contributed by atoms with E-state index in [0.29, 0.717) is 17.0 Å². The van der Waals surface area contributed by atoms with Crippen LogP contribution in [0.2, 0.25) is 5.02 Å². The van der Waals surface area contributed by atoms with Gasteiger partial charge in [0.1, 0.15) is 0 Å². The molecule has 0 saturated heterocycles. The Morgan fingerprint density at radius 3 is 2.18 bits per heavy atom. The minimum absolute atomic E-state index is 0.0632. The third-order valence-electron chi connectivity index (χ3n) is 3.19. The standard InChI is InChI=1S/C16H16ClNO3S/c1-2-16(19)13-5-3-12(4-6-13)11-18-22(20,21)15-9-7-14(17)8-10-15/h3-10,18H,2,11H2,1H3. The van der Waals surface area contributed by atoms with Gasteiger partial charge in [0.05, 0.1) is 4.90 Å². The van der Waals surface area contributed by atoms with Gasteiger partial charge >= 0.3 is 0 Å². The fraction of sp³-hybridized carbons (Fsp3) is 0.188. The first-order valence-electron chi connectivity index (χ1n) is 6.80. The third kappa shape index (κ3) is 4.16. The molecule has 0 aliphatic rings.